The molecule has 1 saturated heterocycles. The van der Waals surface area contributed by atoms with Gasteiger partial charge < -0.3 is 19.7 Å². The fraction of sp³-hybridized carbons (Fsp3) is 0.650. The van der Waals surface area contributed by atoms with E-state index in [0.717, 1.165) is 6.42 Å². The fourth-order valence-electron chi connectivity index (χ4n) is 3.40. The van der Waals surface area contributed by atoms with Crippen LogP contribution in [0.4, 0.5) is 10.5 Å². The molecule has 156 valence electrons. The van der Waals surface area contributed by atoms with Gasteiger partial charge in [-0.2, -0.15) is 0 Å². The third-order valence-electron chi connectivity index (χ3n) is 4.84. The van der Waals surface area contributed by atoms with E-state index in [1.165, 1.54) is 6.07 Å². The summed E-state index contributed by atoms with van der Waals surface area (Å²) >= 11 is 0. The Bertz CT molecular complexity index is 702. The molecule has 2 rings (SSSR count). The third kappa shape index (κ3) is 6.09. The molecular weight excluding hydrogens is 362 g/mol. The first-order valence-corrected chi connectivity index (χ1v) is 9.63. The predicted molar refractivity (Wildman–Crippen MR) is 107 cm³/mol. The number of nitrogens with zero attached hydrogens (tertiary/aromatic N) is 2. The van der Waals surface area contributed by atoms with Crippen molar-refractivity contribution >= 4 is 11.8 Å². The summed E-state index contributed by atoms with van der Waals surface area (Å²) in [4.78, 5) is 24.9. The second-order valence-corrected chi connectivity index (χ2v) is 8.25. The van der Waals surface area contributed by atoms with E-state index < -0.39 is 5.60 Å². The molecule has 1 fully saturated rings. The smallest absolute Gasteiger partial charge is 0.410 e. The number of nitrogens with one attached hydrogen (secondary N) is 1. The van der Waals surface area contributed by atoms with Crippen LogP contribution in [0.1, 0.15) is 39.7 Å². The lowest BCUT2D eigenvalue weighted by atomic mass is 9.94. The van der Waals surface area contributed by atoms with Crippen molar-refractivity contribution in [2.75, 3.05) is 26.7 Å². The first-order valence-electron chi connectivity index (χ1n) is 9.63. The number of piperidine rings is 1. The Morgan fingerprint density at radius 3 is 2.68 bits per heavy atom. The second-order valence-electron chi connectivity index (χ2n) is 8.25. The number of rotatable bonds is 6. The van der Waals surface area contributed by atoms with Gasteiger partial charge in [0.15, 0.2) is 0 Å². The Kier molecular flexibility index (Phi) is 7.23. The number of carbonyl (C=O) groups is 1. The third-order valence-corrected chi connectivity index (χ3v) is 4.84. The molecule has 0 aromatic heterocycles. The Morgan fingerprint density at radius 2 is 2.11 bits per heavy atom. The number of hydrogen-bond donors (Lipinski definition) is 1. The molecule has 8 nitrogen and oxygen atoms in total. The molecule has 2 atom stereocenters. The normalized spacial score (nSPS) is 20.0. The van der Waals surface area contributed by atoms with E-state index in [4.69, 9.17) is 9.47 Å². The molecule has 1 aliphatic rings. The molecule has 8 heteroatoms. The van der Waals surface area contributed by atoms with Gasteiger partial charge in [0.1, 0.15) is 11.4 Å². The van der Waals surface area contributed by atoms with Crippen LogP contribution in [0.2, 0.25) is 0 Å². The molecule has 0 bridgehead atoms. The summed E-state index contributed by atoms with van der Waals surface area (Å²) in [6.07, 6.45) is 1.08. The van der Waals surface area contributed by atoms with Crippen LogP contribution in [0, 0.1) is 16.0 Å². The zero-order chi connectivity index (χ0) is 20.9. The summed E-state index contributed by atoms with van der Waals surface area (Å²) in [5.41, 5.74) is 0.257. The van der Waals surface area contributed by atoms with E-state index in [9.17, 15) is 14.9 Å². The average molecular weight is 393 g/mol. The Labute approximate surface area is 166 Å². The largest absolute Gasteiger partial charge is 0.497 e. The van der Waals surface area contributed by atoms with Crippen LogP contribution < -0.4 is 10.1 Å². The number of likely N-dealkylation sites (tertiary alicyclic amines) is 1. The molecule has 28 heavy (non-hydrogen) atoms. The number of benzene rings is 1. The summed E-state index contributed by atoms with van der Waals surface area (Å²) in [7, 11) is 1.54. The number of hydrogen-bond acceptors (Lipinski definition) is 6. The van der Waals surface area contributed by atoms with Crippen molar-refractivity contribution in [3.05, 3.63) is 33.9 Å². The van der Waals surface area contributed by atoms with Gasteiger partial charge in [0.05, 0.1) is 12.0 Å². The minimum atomic E-state index is -0.499. The minimum absolute atomic E-state index is 0.107. The lowest BCUT2D eigenvalue weighted by molar-refractivity contribution is -0.385. The summed E-state index contributed by atoms with van der Waals surface area (Å²) in [6.45, 7) is 9.57. The maximum atomic E-state index is 12.2. The van der Waals surface area contributed by atoms with Crippen LogP contribution in [0.5, 0.6) is 5.75 Å². The van der Waals surface area contributed by atoms with E-state index >= 15 is 0 Å². The van der Waals surface area contributed by atoms with E-state index in [2.05, 4.69) is 12.2 Å². The maximum absolute atomic E-state index is 12.2. The van der Waals surface area contributed by atoms with Crippen LogP contribution in [0.15, 0.2) is 18.2 Å². The van der Waals surface area contributed by atoms with Crippen molar-refractivity contribution in [3.8, 4) is 5.75 Å². The molecular formula is C20H31N3O5. The van der Waals surface area contributed by atoms with Crippen molar-refractivity contribution in [3.63, 3.8) is 0 Å². The molecule has 0 aliphatic carbocycles. The van der Waals surface area contributed by atoms with E-state index in [0.29, 0.717) is 37.4 Å². The van der Waals surface area contributed by atoms with Gasteiger partial charge in [0.2, 0.25) is 0 Å². The van der Waals surface area contributed by atoms with Crippen LogP contribution in [-0.2, 0) is 11.2 Å². The first-order chi connectivity index (χ1) is 13.1. The molecule has 1 N–H and O–H groups in total. The summed E-state index contributed by atoms with van der Waals surface area (Å²) in [6, 6.07) is 5.05. The predicted octanol–water partition coefficient (Wildman–Crippen LogP) is 3.38. The minimum Gasteiger partial charge on any atom is -0.497 e. The molecule has 1 heterocycles. The molecule has 1 amide bonds. The summed E-state index contributed by atoms with van der Waals surface area (Å²) in [5.74, 6) is 0.876. The molecule has 1 aromatic rings. The number of amides is 1. The van der Waals surface area contributed by atoms with Crippen molar-refractivity contribution in [1.82, 2.24) is 10.2 Å². The van der Waals surface area contributed by atoms with Gasteiger partial charge in [-0.3, -0.25) is 10.1 Å². The highest BCUT2D eigenvalue weighted by Gasteiger charge is 2.31. The van der Waals surface area contributed by atoms with Crippen LogP contribution in [0.3, 0.4) is 0 Å². The van der Waals surface area contributed by atoms with Crippen molar-refractivity contribution < 1.29 is 19.2 Å². The van der Waals surface area contributed by atoms with Gasteiger partial charge >= 0.3 is 6.09 Å². The second kappa shape index (κ2) is 9.23. The molecule has 1 aromatic carbocycles. The standard InChI is InChI=1S/C20H31N3O5/c1-14-13-22(19(24)28-20(2,3)4)11-9-17(14)21-10-8-15-12-16(27-5)6-7-18(15)23(25)26/h6-7,12,14,17,21H,8-11,13H2,1-5H3. The van der Waals surface area contributed by atoms with Crippen molar-refractivity contribution in [2.24, 2.45) is 5.92 Å². The van der Waals surface area contributed by atoms with Gasteiger partial charge in [-0.15, -0.1) is 0 Å². The molecule has 0 saturated carbocycles. The lowest BCUT2D eigenvalue weighted by Gasteiger charge is -2.38. The van der Waals surface area contributed by atoms with Gasteiger partial charge in [-0.05, 0) is 58.2 Å². The number of carbonyl (C=O) groups excluding carboxylic acids is 1. The highest BCUT2D eigenvalue weighted by molar-refractivity contribution is 5.68. The summed E-state index contributed by atoms with van der Waals surface area (Å²) < 4.78 is 10.6. The Balaban J connectivity index is 1.88. The SMILES string of the molecule is COc1ccc([N+](=O)[O-])c(CCNC2CCN(C(=O)OC(C)(C)C)CC2C)c1. The van der Waals surface area contributed by atoms with Gasteiger partial charge in [-0.25, -0.2) is 4.79 Å². The first kappa shape index (κ1) is 21.9. The Hall–Kier alpha value is -2.35. The van der Waals surface area contributed by atoms with E-state index in [1.807, 2.05) is 20.8 Å². The van der Waals surface area contributed by atoms with Crippen LogP contribution in [0.25, 0.3) is 0 Å². The number of methoxy groups -OCH3 is 1. The number of nitro groups is 1. The topological polar surface area (TPSA) is 93.9 Å². The van der Waals surface area contributed by atoms with Gasteiger partial charge in [0, 0.05) is 30.8 Å². The molecule has 2 unspecified atom stereocenters. The molecule has 0 spiro atoms. The monoisotopic (exact) mass is 393 g/mol. The fourth-order valence-corrected chi connectivity index (χ4v) is 3.40. The van der Waals surface area contributed by atoms with Gasteiger partial charge in [-0.1, -0.05) is 6.92 Å². The quantitative estimate of drug-likeness (QED) is 0.588. The van der Waals surface area contributed by atoms with Gasteiger partial charge in [0.25, 0.3) is 5.69 Å². The lowest BCUT2D eigenvalue weighted by Crippen LogP contribution is -2.51. The van der Waals surface area contributed by atoms with E-state index in [-0.39, 0.29) is 28.7 Å². The van der Waals surface area contributed by atoms with E-state index in [1.54, 1.807) is 24.1 Å². The summed E-state index contributed by atoms with van der Waals surface area (Å²) in [5, 5.41) is 14.7. The zero-order valence-corrected chi connectivity index (χ0v) is 17.4. The van der Waals surface area contributed by atoms with Crippen molar-refractivity contribution in [2.45, 2.75) is 52.2 Å². The Morgan fingerprint density at radius 1 is 1.39 bits per heavy atom. The highest BCUT2D eigenvalue weighted by atomic mass is 16.6. The van der Waals surface area contributed by atoms with Crippen LogP contribution >= 0.6 is 0 Å². The molecule has 1 aliphatic heterocycles. The molecule has 0 radical (unpaired) electrons. The highest BCUT2D eigenvalue weighted by Crippen LogP contribution is 2.25. The number of ether oxygens (including phenoxy) is 2. The average Bonchev–Trinajstić information content (AvgIpc) is 2.61. The maximum Gasteiger partial charge on any atom is 0.410 e. The number of nitro benzene ring substituents is 1. The zero-order valence-electron chi connectivity index (χ0n) is 17.4. The van der Waals surface area contributed by atoms with Crippen molar-refractivity contribution in [1.29, 1.82) is 0 Å². The van der Waals surface area contributed by atoms with Crippen LogP contribution in [-0.4, -0.2) is 54.3 Å².